The number of fused-ring (bicyclic) bond motifs is 1. The molecule has 0 saturated carbocycles. The van der Waals surface area contributed by atoms with Crippen molar-refractivity contribution in [3.63, 3.8) is 0 Å². The summed E-state index contributed by atoms with van der Waals surface area (Å²) in [6, 6.07) is 8.73. The molecule has 1 amide bonds. The molecule has 0 bridgehead atoms. The molecule has 2 aromatic rings. The third-order valence-corrected chi connectivity index (χ3v) is 5.13. The van der Waals surface area contributed by atoms with Crippen molar-refractivity contribution in [2.45, 2.75) is 39.8 Å². The van der Waals surface area contributed by atoms with Crippen molar-refractivity contribution in [2.75, 3.05) is 13.6 Å². The third kappa shape index (κ3) is 3.37. The van der Waals surface area contributed by atoms with Crippen LogP contribution in [0.4, 0.5) is 0 Å². The molecule has 1 aromatic carbocycles. The number of amides is 1. The molecule has 1 aliphatic rings. The molecule has 0 fully saturated rings. The maximum absolute atomic E-state index is 12.7. The van der Waals surface area contributed by atoms with E-state index in [1.165, 1.54) is 18.1 Å². The van der Waals surface area contributed by atoms with Crippen LogP contribution in [0.25, 0.3) is 0 Å². The lowest BCUT2D eigenvalue weighted by Crippen LogP contribution is -2.45. The molecule has 1 aliphatic heterocycles. The zero-order valence-electron chi connectivity index (χ0n) is 15.3. The van der Waals surface area contributed by atoms with Gasteiger partial charge in [-0.3, -0.25) is 14.5 Å². The first-order valence-corrected chi connectivity index (χ1v) is 8.63. The van der Waals surface area contributed by atoms with E-state index in [0.717, 1.165) is 24.2 Å². The first kappa shape index (κ1) is 17.4. The summed E-state index contributed by atoms with van der Waals surface area (Å²) < 4.78 is 0. The molecule has 1 unspecified atom stereocenters. The second-order valence-electron chi connectivity index (χ2n) is 6.93. The van der Waals surface area contributed by atoms with Gasteiger partial charge in [-0.25, -0.2) is 0 Å². The Balaban J connectivity index is 1.70. The number of carbonyl (C=O) groups is 2. The Hall–Kier alpha value is -2.40. The molecule has 0 radical (unpaired) electrons. The Bertz CT molecular complexity index is 822. The lowest BCUT2D eigenvalue weighted by atomic mass is 9.94. The number of ketones is 1. The number of carbonyl (C=O) groups excluding carboxylic acids is 2. The summed E-state index contributed by atoms with van der Waals surface area (Å²) in [7, 11) is 2.09. The normalized spacial score (nSPS) is 17.2. The Morgan fingerprint density at radius 2 is 1.92 bits per heavy atom. The molecule has 0 saturated heterocycles. The number of aryl methyl sites for hydroxylation is 1. The van der Waals surface area contributed by atoms with Gasteiger partial charge in [0.25, 0.3) is 5.91 Å². The highest BCUT2D eigenvalue weighted by molar-refractivity contribution is 6.02. The van der Waals surface area contributed by atoms with Crippen molar-refractivity contribution in [3.8, 4) is 0 Å². The summed E-state index contributed by atoms with van der Waals surface area (Å²) in [5.41, 5.74) is 5.28. The molecule has 1 aromatic heterocycles. The fourth-order valence-corrected chi connectivity index (χ4v) is 3.69. The number of Topliss-reactive ketones (excluding diaryl/α,β-unsaturated/α-hetero) is 1. The lowest BCUT2D eigenvalue weighted by Gasteiger charge is -2.34. The minimum Gasteiger partial charge on any atom is -0.355 e. The topological polar surface area (TPSA) is 65.2 Å². The van der Waals surface area contributed by atoms with Gasteiger partial charge in [0.05, 0.1) is 11.3 Å². The molecular formula is C20H25N3O2. The van der Waals surface area contributed by atoms with Crippen LogP contribution < -0.4 is 5.32 Å². The lowest BCUT2D eigenvalue weighted by molar-refractivity contribution is 0.0933. The standard InChI is InChI=1S/C20H25N3O2/c1-12-18(13(2)22-19(12)14(3)24)20(25)21-10-17-9-15-7-5-6-8-16(15)11-23(17)4/h5-8,17,22H,9-11H2,1-4H3,(H,21,25). The molecule has 2 N–H and O–H groups in total. The number of rotatable bonds is 4. The zero-order chi connectivity index (χ0) is 18.1. The van der Waals surface area contributed by atoms with Crippen LogP contribution in [0.15, 0.2) is 24.3 Å². The predicted molar refractivity (Wildman–Crippen MR) is 98.0 cm³/mol. The number of nitrogens with zero attached hydrogens (tertiary/aromatic N) is 1. The van der Waals surface area contributed by atoms with E-state index in [9.17, 15) is 9.59 Å². The second kappa shape index (κ2) is 6.84. The number of H-pyrrole nitrogens is 1. The molecule has 25 heavy (non-hydrogen) atoms. The van der Waals surface area contributed by atoms with Crippen LogP contribution in [-0.2, 0) is 13.0 Å². The van der Waals surface area contributed by atoms with Gasteiger partial charge in [-0.1, -0.05) is 24.3 Å². The van der Waals surface area contributed by atoms with Crippen molar-refractivity contribution in [2.24, 2.45) is 0 Å². The van der Waals surface area contributed by atoms with E-state index >= 15 is 0 Å². The quantitative estimate of drug-likeness (QED) is 0.842. The van der Waals surface area contributed by atoms with Gasteiger partial charge in [-0.05, 0) is 44.0 Å². The van der Waals surface area contributed by atoms with E-state index < -0.39 is 0 Å². The summed E-state index contributed by atoms with van der Waals surface area (Å²) in [6.07, 6.45) is 0.927. The number of aromatic nitrogens is 1. The van der Waals surface area contributed by atoms with Crippen LogP contribution in [0.1, 0.15) is 50.2 Å². The van der Waals surface area contributed by atoms with Gasteiger partial charge < -0.3 is 10.3 Å². The average molecular weight is 339 g/mol. The van der Waals surface area contributed by atoms with Gasteiger partial charge in [-0.15, -0.1) is 0 Å². The van der Waals surface area contributed by atoms with Gasteiger partial charge >= 0.3 is 0 Å². The molecule has 5 heteroatoms. The number of nitrogens with one attached hydrogen (secondary N) is 2. The van der Waals surface area contributed by atoms with Crippen LogP contribution in [0, 0.1) is 13.8 Å². The van der Waals surface area contributed by atoms with Crippen molar-refractivity contribution < 1.29 is 9.59 Å². The highest BCUT2D eigenvalue weighted by Gasteiger charge is 2.25. The fraction of sp³-hybridized carbons (Fsp3) is 0.400. The number of hydrogen-bond donors (Lipinski definition) is 2. The highest BCUT2D eigenvalue weighted by Crippen LogP contribution is 2.22. The SMILES string of the molecule is CC(=O)c1[nH]c(C)c(C(=O)NCC2Cc3ccccc3CN2C)c1C. The maximum atomic E-state index is 12.7. The van der Waals surface area contributed by atoms with E-state index in [0.29, 0.717) is 17.8 Å². The van der Waals surface area contributed by atoms with Crippen LogP contribution in [0.3, 0.4) is 0 Å². The Kier molecular flexibility index (Phi) is 4.77. The van der Waals surface area contributed by atoms with Crippen LogP contribution in [0.2, 0.25) is 0 Å². The van der Waals surface area contributed by atoms with Gasteiger partial charge in [-0.2, -0.15) is 0 Å². The predicted octanol–water partition coefficient (Wildman–Crippen LogP) is 2.62. The van der Waals surface area contributed by atoms with Crippen LogP contribution in [-0.4, -0.2) is 41.2 Å². The Labute approximate surface area is 148 Å². The van der Waals surface area contributed by atoms with Crippen LogP contribution >= 0.6 is 0 Å². The Morgan fingerprint density at radius 1 is 1.24 bits per heavy atom. The number of aromatic amines is 1. The van der Waals surface area contributed by atoms with Gasteiger partial charge in [0, 0.05) is 31.7 Å². The number of likely N-dealkylation sites (N-methyl/N-ethyl adjacent to an activating group) is 1. The monoisotopic (exact) mass is 339 g/mol. The maximum Gasteiger partial charge on any atom is 0.253 e. The molecule has 3 rings (SSSR count). The molecule has 132 valence electrons. The Morgan fingerprint density at radius 3 is 2.56 bits per heavy atom. The minimum absolute atomic E-state index is 0.0525. The van der Waals surface area contributed by atoms with E-state index in [-0.39, 0.29) is 17.7 Å². The zero-order valence-corrected chi connectivity index (χ0v) is 15.3. The molecule has 1 atom stereocenters. The van der Waals surface area contributed by atoms with Gasteiger partial charge in [0.15, 0.2) is 5.78 Å². The largest absolute Gasteiger partial charge is 0.355 e. The van der Waals surface area contributed by atoms with Crippen molar-refractivity contribution in [1.82, 2.24) is 15.2 Å². The fourth-order valence-electron chi connectivity index (χ4n) is 3.69. The summed E-state index contributed by atoms with van der Waals surface area (Å²) >= 11 is 0. The molecular weight excluding hydrogens is 314 g/mol. The number of benzene rings is 1. The second-order valence-corrected chi connectivity index (χ2v) is 6.93. The molecule has 0 aliphatic carbocycles. The van der Waals surface area contributed by atoms with E-state index in [2.05, 4.69) is 46.5 Å². The highest BCUT2D eigenvalue weighted by atomic mass is 16.1. The smallest absolute Gasteiger partial charge is 0.253 e. The van der Waals surface area contributed by atoms with E-state index in [4.69, 9.17) is 0 Å². The molecule has 5 nitrogen and oxygen atoms in total. The minimum atomic E-state index is -0.119. The molecule has 2 heterocycles. The van der Waals surface area contributed by atoms with Crippen molar-refractivity contribution in [3.05, 3.63) is 57.9 Å². The summed E-state index contributed by atoms with van der Waals surface area (Å²) in [5.74, 6) is -0.172. The third-order valence-electron chi connectivity index (χ3n) is 5.13. The van der Waals surface area contributed by atoms with Crippen LogP contribution in [0.5, 0.6) is 0 Å². The van der Waals surface area contributed by atoms with Gasteiger partial charge in [0.2, 0.25) is 0 Å². The first-order valence-electron chi connectivity index (χ1n) is 8.63. The summed E-state index contributed by atoms with van der Waals surface area (Å²) in [4.78, 5) is 29.6. The number of hydrogen-bond acceptors (Lipinski definition) is 3. The summed E-state index contributed by atoms with van der Waals surface area (Å²) in [6.45, 7) is 6.64. The molecule has 0 spiro atoms. The average Bonchev–Trinajstić information content (AvgIpc) is 2.87. The van der Waals surface area contributed by atoms with Gasteiger partial charge in [0.1, 0.15) is 0 Å². The van der Waals surface area contributed by atoms with E-state index in [1.807, 2.05) is 13.8 Å². The van der Waals surface area contributed by atoms with Crippen molar-refractivity contribution >= 4 is 11.7 Å². The van der Waals surface area contributed by atoms with Crippen molar-refractivity contribution in [1.29, 1.82) is 0 Å². The van der Waals surface area contributed by atoms with E-state index in [1.54, 1.807) is 0 Å². The first-order chi connectivity index (χ1) is 11.9. The summed E-state index contributed by atoms with van der Waals surface area (Å²) in [5, 5.41) is 3.05.